The molecule has 0 atom stereocenters. The monoisotopic (exact) mass is 134 g/mol. The zero-order valence-corrected chi connectivity index (χ0v) is 4.69. The van der Waals surface area contributed by atoms with E-state index in [-0.39, 0.29) is 0 Å². The van der Waals surface area contributed by atoms with Crippen LogP contribution in [0.25, 0.3) is 0 Å². The Hall–Kier alpha value is 0.129. The van der Waals surface area contributed by atoms with Crippen LogP contribution < -0.4 is 0 Å². The van der Waals surface area contributed by atoms with Gasteiger partial charge in [-0.3, -0.25) is 0 Å². The molecule has 0 unspecified atom stereocenters. The molecule has 0 aliphatic carbocycles. The van der Waals surface area contributed by atoms with E-state index in [1.165, 1.54) is 0 Å². The Morgan fingerprint density at radius 2 is 2.40 bits per heavy atom. The zero-order valence-electron chi connectivity index (χ0n) is 2.98. The van der Waals surface area contributed by atoms with Crippen molar-refractivity contribution in [3.8, 4) is 0 Å². The fourth-order valence-electron chi connectivity index (χ4n) is 0.0680. The Kier molecular flexibility index (Phi) is 4.24. The second kappa shape index (κ2) is 4.13. The van der Waals surface area contributed by atoms with E-state index in [0.717, 1.165) is 6.42 Å². The summed E-state index contributed by atoms with van der Waals surface area (Å²) in [5, 5.41) is 0. The Morgan fingerprint density at radius 1 is 1.80 bits per heavy atom. The van der Waals surface area contributed by atoms with Crippen LogP contribution in [0, 0.1) is 0 Å². The van der Waals surface area contributed by atoms with E-state index < -0.39 is 0 Å². The van der Waals surface area contributed by atoms with E-state index in [0.29, 0.717) is 0 Å². The maximum atomic E-state index is 3.50. The first-order valence-corrected chi connectivity index (χ1v) is 2.45. The number of rotatable bonds is 2. The average Bonchev–Trinajstić information content (AvgIpc) is 1.41. The Balaban J connectivity index is 2.65. The van der Waals surface area contributed by atoms with E-state index in [9.17, 15) is 0 Å². The average molecular weight is 133 g/mol. The van der Waals surface area contributed by atoms with Crippen molar-refractivity contribution in [3.63, 3.8) is 0 Å². The standard InChI is InChI=1S/C4H6Se/c1-2-3-4-5/h2,4H,1,3H2. The second-order valence-electron chi connectivity index (χ2n) is 0.691. The van der Waals surface area contributed by atoms with Crippen molar-refractivity contribution < 1.29 is 0 Å². The summed E-state index contributed by atoms with van der Waals surface area (Å²) in [6.45, 7) is 3.50. The maximum absolute atomic E-state index is 3.50. The van der Waals surface area contributed by atoms with E-state index >= 15 is 0 Å². The van der Waals surface area contributed by atoms with Crippen LogP contribution in [0.1, 0.15) is 6.42 Å². The minimum atomic E-state index is 0.972. The second-order valence-corrected chi connectivity index (χ2v) is 1.39. The number of hydrogen-bond acceptors (Lipinski definition) is 0. The van der Waals surface area contributed by atoms with Crippen LogP contribution in [-0.4, -0.2) is 20.5 Å². The SMILES string of the molecule is C=CCC=[Se]. The molecule has 0 aliphatic rings. The minimum absolute atomic E-state index is 0.972. The summed E-state index contributed by atoms with van der Waals surface area (Å²) in [7, 11) is 0. The third kappa shape index (κ3) is 4.13. The van der Waals surface area contributed by atoms with Gasteiger partial charge in [0.2, 0.25) is 0 Å². The van der Waals surface area contributed by atoms with Crippen molar-refractivity contribution in [2.24, 2.45) is 0 Å². The van der Waals surface area contributed by atoms with Crippen LogP contribution in [0.5, 0.6) is 0 Å². The summed E-state index contributed by atoms with van der Waals surface area (Å²) in [4.78, 5) is 1.94. The molecule has 0 spiro atoms. The van der Waals surface area contributed by atoms with Gasteiger partial charge in [0.05, 0.1) is 0 Å². The summed E-state index contributed by atoms with van der Waals surface area (Å²) in [6, 6.07) is 0. The Bertz CT molecular complexity index is 32.9. The van der Waals surface area contributed by atoms with Gasteiger partial charge in [-0.1, -0.05) is 0 Å². The van der Waals surface area contributed by atoms with E-state index in [4.69, 9.17) is 0 Å². The molecule has 0 aromatic carbocycles. The first-order valence-electron chi connectivity index (χ1n) is 1.46. The summed E-state index contributed by atoms with van der Waals surface area (Å²) >= 11 is 2.75. The van der Waals surface area contributed by atoms with Crippen LogP contribution in [0.3, 0.4) is 0 Å². The van der Waals surface area contributed by atoms with Gasteiger partial charge in [-0.25, -0.2) is 0 Å². The molecule has 0 rings (SSSR count). The van der Waals surface area contributed by atoms with Gasteiger partial charge >= 0.3 is 39.6 Å². The van der Waals surface area contributed by atoms with Crippen molar-refractivity contribution in [1.29, 1.82) is 0 Å². The van der Waals surface area contributed by atoms with Crippen LogP contribution in [-0.2, 0) is 0 Å². The van der Waals surface area contributed by atoms with Gasteiger partial charge in [0.25, 0.3) is 0 Å². The van der Waals surface area contributed by atoms with E-state index in [2.05, 4.69) is 22.2 Å². The van der Waals surface area contributed by atoms with Crippen LogP contribution in [0.4, 0.5) is 0 Å². The van der Waals surface area contributed by atoms with Crippen LogP contribution in [0.15, 0.2) is 12.7 Å². The molecule has 0 radical (unpaired) electrons. The van der Waals surface area contributed by atoms with Gasteiger partial charge in [0, 0.05) is 0 Å². The van der Waals surface area contributed by atoms with Crippen LogP contribution in [0.2, 0.25) is 0 Å². The van der Waals surface area contributed by atoms with Gasteiger partial charge in [-0.15, -0.1) is 0 Å². The molecule has 0 bridgehead atoms. The third-order valence-corrected chi connectivity index (χ3v) is 0.667. The van der Waals surface area contributed by atoms with Crippen molar-refractivity contribution >= 4 is 20.5 Å². The molecule has 0 aromatic heterocycles. The molecule has 0 fully saturated rings. The van der Waals surface area contributed by atoms with Crippen molar-refractivity contribution in [2.75, 3.05) is 0 Å². The molecule has 0 aromatic rings. The zero-order chi connectivity index (χ0) is 4.12. The van der Waals surface area contributed by atoms with E-state index in [1.54, 1.807) is 0 Å². The molecular weight excluding hydrogens is 127 g/mol. The van der Waals surface area contributed by atoms with Crippen molar-refractivity contribution in [1.82, 2.24) is 0 Å². The molecule has 0 aliphatic heterocycles. The summed E-state index contributed by atoms with van der Waals surface area (Å²) in [5.74, 6) is 0. The van der Waals surface area contributed by atoms with Gasteiger partial charge in [-0.05, 0) is 0 Å². The van der Waals surface area contributed by atoms with Crippen molar-refractivity contribution in [2.45, 2.75) is 6.42 Å². The first-order chi connectivity index (χ1) is 2.41. The van der Waals surface area contributed by atoms with E-state index in [1.807, 2.05) is 11.0 Å². The molecule has 28 valence electrons. The molecule has 1 heteroatoms. The molecule has 0 saturated carbocycles. The molecule has 0 amide bonds. The predicted molar refractivity (Wildman–Crippen MR) is 26.6 cm³/mol. The third-order valence-electron chi connectivity index (χ3n) is 0.263. The topological polar surface area (TPSA) is 0 Å². The predicted octanol–water partition coefficient (Wildman–Crippen LogP) is 0.533. The molecule has 0 N–H and O–H groups in total. The molecular formula is C4H6Se. The number of hydrogen-bond donors (Lipinski definition) is 0. The number of allylic oxidation sites excluding steroid dienone is 1. The summed E-state index contributed by atoms with van der Waals surface area (Å²) < 4.78 is 0. The van der Waals surface area contributed by atoms with Crippen LogP contribution >= 0.6 is 0 Å². The quantitative estimate of drug-likeness (QED) is 0.381. The molecule has 0 saturated heterocycles. The molecule has 0 heterocycles. The normalized spacial score (nSPS) is 6.40. The Labute approximate surface area is 40.2 Å². The fourth-order valence-corrected chi connectivity index (χ4v) is 0.354. The first kappa shape index (κ1) is 5.13. The van der Waals surface area contributed by atoms with Gasteiger partial charge in [-0.2, -0.15) is 0 Å². The molecule has 0 nitrogen and oxygen atoms in total. The Morgan fingerprint density at radius 3 is 2.40 bits per heavy atom. The fraction of sp³-hybridized carbons (Fsp3) is 0.250. The molecule has 5 heavy (non-hydrogen) atoms. The van der Waals surface area contributed by atoms with Gasteiger partial charge in [0.1, 0.15) is 0 Å². The summed E-state index contributed by atoms with van der Waals surface area (Å²) in [5.41, 5.74) is 0. The summed E-state index contributed by atoms with van der Waals surface area (Å²) in [6.07, 6.45) is 2.82. The van der Waals surface area contributed by atoms with Crippen molar-refractivity contribution in [3.05, 3.63) is 12.7 Å². The van der Waals surface area contributed by atoms with Gasteiger partial charge in [0.15, 0.2) is 0 Å². The van der Waals surface area contributed by atoms with Gasteiger partial charge < -0.3 is 0 Å².